The molecule has 88 valence electrons. The van der Waals surface area contributed by atoms with E-state index in [1.165, 1.54) is 0 Å². The molecule has 2 heterocycles. The van der Waals surface area contributed by atoms with Crippen molar-refractivity contribution in [2.24, 2.45) is 0 Å². The third-order valence-corrected chi connectivity index (χ3v) is 3.90. The van der Waals surface area contributed by atoms with Crippen molar-refractivity contribution in [2.75, 3.05) is 18.1 Å². The van der Waals surface area contributed by atoms with Gasteiger partial charge in [-0.2, -0.15) is 11.8 Å². The zero-order valence-electron chi connectivity index (χ0n) is 9.35. The van der Waals surface area contributed by atoms with Crippen LogP contribution in [0.25, 0.3) is 0 Å². The number of thioether (sulfide) groups is 1. The first-order chi connectivity index (χ1) is 7.79. The molecule has 1 aromatic heterocycles. The summed E-state index contributed by atoms with van der Waals surface area (Å²) < 4.78 is 0. The third-order valence-electron chi connectivity index (χ3n) is 2.91. The van der Waals surface area contributed by atoms with Crippen LogP contribution in [0.15, 0.2) is 24.4 Å². The first kappa shape index (κ1) is 11.9. The highest BCUT2D eigenvalue weighted by atomic mass is 32.2. The van der Waals surface area contributed by atoms with Crippen LogP contribution in [-0.2, 0) is 6.54 Å². The molecule has 1 aliphatic heterocycles. The van der Waals surface area contributed by atoms with Gasteiger partial charge in [0.1, 0.15) is 0 Å². The number of aromatic nitrogens is 1. The topological polar surface area (TPSA) is 45.1 Å². The zero-order chi connectivity index (χ0) is 11.3. The predicted octanol–water partition coefficient (Wildman–Crippen LogP) is 1.43. The molecule has 0 aromatic carbocycles. The third kappa shape index (κ3) is 3.47. The van der Waals surface area contributed by atoms with E-state index in [4.69, 9.17) is 0 Å². The molecule has 1 saturated heterocycles. The van der Waals surface area contributed by atoms with Crippen LogP contribution in [0.1, 0.15) is 18.5 Å². The maximum absolute atomic E-state index is 10.3. The van der Waals surface area contributed by atoms with Gasteiger partial charge >= 0.3 is 0 Å². The van der Waals surface area contributed by atoms with E-state index in [1.54, 1.807) is 6.20 Å². The van der Waals surface area contributed by atoms with Gasteiger partial charge < -0.3 is 10.4 Å². The summed E-state index contributed by atoms with van der Waals surface area (Å²) in [5, 5.41) is 13.5. The molecular formula is C12H18N2OS. The van der Waals surface area contributed by atoms with Crippen LogP contribution in [0, 0.1) is 0 Å². The van der Waals surface area contributed by atoms with Crippen molar-refractivity contribution in [2.45, 2.75) is 25.0 Å². The lowest BCUT2D eigenvalue weighted by Gasteiger charge is -2.31. The van der Waals surface area contributed by atoms with Crippen molar-refractivity contribution in [3.8, 4) is 0 Å². The van der Waals surface area contributed by atoms with Crippen LogP contribution in [0.5, 0.6) is 0 Å². The predicted molar refractivity (Wildman–Crippen MR) is 67.5 cm³/mol. The van der Waals surface area contributed by atoms with E-state index < -0.39 is 5.60 Å². The van der Waals surface area contributed by atoms with Gasteiger partial charge in [0, 0.05) is 19.3 Å². The summed E-state index contributed by atoms with van der Waals surface area (Å²) in [6.07, 6.45) is 3.59. The highest BCUT2D eigenvalue weighted by molar-refractivity contribution is 7.99. The van der Waals surface area contributed by atoms with Crippen molar-refractivity contribution in [1.82, 2.24) is 10.3 Å². The second-order valence-corrected chi connectivity index (χ2v) is 5.49. The lowest BCUT2D eigenvalue weighted by atomic mass is 9.97. The molecule has 1 fully saturated rings. The molecule has 0 aliphatic carbocycles. The van der Waals surface area contributed by atoms with Crippen molar-refractivity contribution < 1.29 is 5.11 Å². The first-order valence-electron chi connectivity index (χ1n) is 5.69. The maximum atomic E-state index is 10.3. The molecule has 0 unspecified atom stereocenters. The standard InChI is InChI=1S/C12H18N2OS/c15-12(4-7-16-8-5-12)10-13-9-11-3-1-2-6-14-11/h1-3,6,13,15H,4-5,7-10H2. The molecule has 16 heavy (non-hydrogen) atoms. The Morgan fingerprint density at radius 1 is 1.38 bits per heavy atom. The first-order valence-corrected chi connectivity index (χ1v) is 6.85. The van der Waals surface area contributed by atoms with Crippen LogP contribution < -0.4 is 5.32 Å². The minimum absolute atomic E-state index is 0.500. The van der Waals surface area contributed by atoms with E-state index in [0.29, 0.717) is 6.54 Å². The van der Waals surface area contributed by atoms with Gasteiger partial charge in [-0.25, -0.2) is 0 Å². The van der Waals surface area contributed by atoms with Gasteiger partial charge in [-0.15, -0.1) is 0 Å². The van der Waals surface area contributed by atoms with Gasteiger partial charge in [0.15, 0.2) is 0 Å². The Hall–Kier alpha value is -0.580. The molecule has 0 atom stereocenters. The summed E-state index contributed by atoms with van der Waals surface area (Å²) >= 11 is 1.93. The summed E-state index contributed by atoms with van der Waals surface area (Å²) in [6.45, 7) is 1.40. The summed E-state index contributed by atoms with van der Waals surface area (Å²) in [5.41, 5.74) is 0.524. The average Bonchev–Trinajstić information content (AvgIpc) is 2.31. The Kier molecular flexibility index (Phi) is 4.21. The van der Waals surface area contributed by atoms with Gasteiger partial charge in [0.25, 0.3) is 0 Å². The summed E-state index contributed by atoms with van der Waals surface area (Å²) in [6, 6.07) is 5.89. The molecule has 2 N–H and O–H groups in total. The minimum atomic E-state index is -0.500. The molecule has 0 spiro atoms. The monoisotopic (exact) mass is 238 g/mol. The number of hydrogen-bond donors (Lipinski definition) is 2. The molecule has 4 heteroatoms. The van der Waals surface area contributed by atoms with Crippen LogP contribution in [-0.4, -0.2) is 33.7 Å². The van der Waals surface area contributed by atoms with Crippen LogP contribution in [0.3, 0.4) is 0 Å². The van der Waals surface area contributed by atoms with Crippen LogP contribution in [0.4, 0.5) is 0 Å². The van der Waals surface area contributed by atoms with Crippen molar-refractivity contribution in [3.63, 3.8) is 0 Å². The van der Waals surface area contributed by atoms with Gasteiger partial charge in [0.2, 0.25) is 0 Å². The van der Waals surface area contributed by atoms with Gasteiger partial charge in [0.05, 0.1) is 11.3 Å². The minimum Gasteiger partial charge on any atom is -0.389 e. The van der Waals surface area contributed by atoms with Gasteiger partial charge in [-0.05, 0) is 36.5 Å². The molecule has 0 radical (unpaired) electrons. The lowest BCUT2D eigenvalue weighted by molar-refractivity contribution is 0.0319. The number of nitrogens with one attached hydrogen (secondary N) is 1. The van der Waals surface area contributed by atoms with E-state index in [2.05, 4.69) is 10.3 Å². The van der Waals surface area contributed by atoms with Crippen molar-refractivity contribution in [1.29, 1.82) is 0 Å². The Morgan fingerprint density at radius 2 is 2.19 bits per heavy atom. The van der Waals surface area contributed by atoms with Gasteiger partial charge in [-0.1, -0.05) is 6.07 Å². The highest BCUT2D eigenvalue weighted by Crippen LogP contribution is 2.26. The average molecular weight is 238 g/mol. The smallest absolute Gasteiger partial charge is 0.0787 e. The Balaban J connectivity index is 1.75. The van der Waals surface area contributed by atoms with E-state index >= 15 is 0 Å². The molecular weight excluding hydrogens is 220 g/mol. The molecule has 1 aliphatic rings. The molecule has 1 aromatic rings. The number of aliphatic hydroxyl groups is 1. The normalized spacial score (nSPS) is 19.6. The molecule has 0 amide bonds. The summed E-state index contributed by atoms with van der Waals surface area (Å²) in [4.78, 5) is 4.24. The Labute approximate surface area is 101 Å². The largest absolute Gasteiger partial charge is 0.389 e. The second kappa shape index (κ2) is 5.66. The quantitative estimate of drug-likeness (QED) is 0.833. The Bertz CT molecular complexity index is 312. The van der Waals surface area contributed by atoms with Crippen LogP contribution >= 0.6 is 11.8 Å². The SMILES string of the molecule is OC1(CNCc2ccccn2)CCSCC1. The number of hydrogen-bond acceptors (Lipinski definition) is 4. The summed E-state index contributed by atoms with van der Waals surface area (Å²) in [7, 11) is 0. The van der Waals surface area contributed by atoms with E-state index in [1.807, 2.05) is 30.0 Å². The fraction of sp³-hybridized carbons (Fsp3) is 0.583. The Morgan fingerprint density at radius 3 is 2.88 bits per heavy atom. The fourth-order valence-electron chi connectivity index (χ4n) is 1.85. The fourth-order valence-corrected chi connectivity index (χ4v) is 3.11. The highest BCUT2D eigenvalue weighted by Gasteiger charge is 2.28. The van der Waals surface area contributed by atoms with Crippen LogP contribution in [0.2, 0.25) is 0 Å². The molecule has 2 rings (SSSR count). The molecule has 0 bridgehead atoms. The number of pyridine rings is 1. The number of nitrogens with zero attached hydrogens (tertiary/aromatic N) is 1. The van der Waals surface area contributed by atoms with E-state index in [9.17, 15) is 5.11 Å². The van der Waals surface area contributed by atoms with E-state index in [0.717, 1.165) is 36.6 Å². The van der Waals surface area contributed by atoms with E-state index in [-0.39, 0.29) is 0 Å². The van der Waals surface area contributed by atoms with Crippen molar-refractivity contribution in [3.05, 3.63) is 30.1 Å². The molecule has 3 nitrogen and oxygen atoms in total. The summed E-state index contributed by atoms with van der Waals surface area (Å²) in [5.74, 6) is 2.14. The second-order valence-electron chi connectivity index (χ2n) is 4.26. The number of rotatable bonds is 4. The molecule has 0 saturated carbocycles. The van der Waals surface area contributed by atoms with Gasteiger partial charge in [-0.3, -0.25) is 4.98 Å². The van der Waals surface area contributed by atoms with Crippen molar-refractivity contribution >= 4 is 11.8 Å². The lowest BCUT2D eigenvalue weighted by Crippen LogP contribution is -2.43. The zero-order valence-corrected chi connectivity index (χ0v) is 10.2. The maximum Gasteiger partial charge on any atom is 0.0787 e.